The van der Waals surface area contributed by atoms with E-state index in [1.807, 2.05) is 39.4 Å². The van der Waals surface area contributed by atoms with Gasteiger partial charge in [-0.15, -0.1) is 22.7 Å². The lowest BCUT2D eigenvalue weighted by atomic mass is 10.2. The van der Waals surface area contributed by atoms with Crippen LogP contribution in [-0.4, -0.2) is 47.8 Å². The molecule has 1 aliphatic heterocycles. The van der Waals surface area contributed by atoms with E-state index in [0.29, 0.717) is 36.9 Å². The van der Waals surface area contributed by atoms with Gasteiger partial charge in [0.25, 0.3) is 5.91 Å². The topological polar surface area (TPSA) is 40.6 Å². The molecule has 0 aromatic carbocycles. The molecule has 0 spiro atoms. The van der Waals surface area contributed by atoms with E-state index >= 15 is 0 Å². The van der Waals surface area contributed by atoms with Gasteiger partial charge in [0, 0.05) is 31.1 Å². The van der Waals surface area contributed by atoms with Crippen molar-refractivity contribution in [3.63, 3.8) is 0 Å². The van der Waals surface area contributed by atoms with Gasteiger partial charge < -0.3 is 9.80 Å². The first-order valence-electron chi connectivity index (χ1n) is 6.98. The van der Waals surface area contributed by atoms with E-state index in [0.717, 1.165) is 9.75 Å². The van der Waals surface area contributed by atoms with Gasteiger partial charge in [-0.05, 0) is 23.6 Å². The minimum Gasteiger partial charge on any atom is -0.339 e. The number of carbonyl (C=O) groups excluding carboxylic acids is 2. The predicted molar refractivity (Wildman–Crippen MR) is 89.8 cm³/mol. The molecule has 4 nitrogen and oxygen atoms in total. The molecule has 22 heavy (non-hydrogen) atoms. The van der Waals surface area contributed by atoms with Gasteiger partial charge in [0.1, 0.15) is 0 Å². The lowest BCUT2D eigenvalue weighted by molar-refractivity contribution is -0.131. The number of amides is 2. The van der Waals surface area contributed by atoms with Crippen LogP contribution in [0.3, 0.4) is 0 Å². The van der Waals surface area contributed by atoms with Crippen LogP contribution < -0.4 is 0 Å². The van der Waals surface area contributed by atoms with Gasteiger partial charge in [-0.2, -0.15) is 0 Å². The molecule has 1 aliphatic rings. The summed E-state index contributed by atoms with van der Waals surface area (Å²) in [6.45, 7) is 2.37. The van der Waals surface area contributed by atoms with Crippen LogP contribution in [0.25, 0.3) is 0 Å². The molecule has 0 aliphatic carbocycles. The number of carbonyl (C=O) groups is 2. The van der Waals surface area contributed by atoms with Gasteiger partial charge in [0.15, 0.2) is 0 Å². The number of rotatable bonds is 3. The van der Waals surface area contributed by atoms with Crippen molar-refractivity contribution in [2.45, 2.75) is 6.42 Å². The molecular formula is C15H15ClN2O2S2. The summed E-state index contributed by atoms with van der Waals surface area (Å²) in [5.74, 6) is 0.161. The molecule has 0 radical (unpaired) electrons. The summed E-state index contributed by atoms with van der Waals surface area (Å²) in [4.78, 5) is 29.9. The Balaban J connectivity index is 1.53. The Kier molecular flexibility index (Phi) is 4.81. The lowest BCUT2D eigenvalue weighted by Crippen LogP contribution is -2.50. The monoisotopic (exact) mass is 354 g/mol. The predicted octanol–water partition coefficient (Wildman–Crippen LogP) is 2.99. The third-order valence-corrected chi connectivity index (χ3v) is 5.69. The summed E-state index contributed by atoms with van der Waals surface area (Å²) < 4.78 is 0.703. The first kappa shape index (κ1) is 15.5. The van der Waals surface area contributed by atoms with E-state index in [9.17, 15) is 9.59 Å². The Morgan fingerprint density at radius 2 is 1.82 bits per heavy atom. The van der Waals surface area contributed by atoms with Crippen molar-refractivity contribution in [3.05, 3.63) is 43.7 Å². The molecule has 1 fully saturated rings. The van der Waals surface area contributed by atoms with Gasteiger partial charge in [0.05, 0.1) is 15.6 Å². The van der Waals surface area contributed by atoms with Crippen molar-refractivity contribution < 1.29 is 9.59 Å². The molecule has 0 saturated carbocycles. The van der Waals surface area contributed by atoms with E-state index in [1.165, 1.54) is 22.7 Å². The largest absolute Gasteiger partial charge is 0.339 e. The zero-order chi connectivity index (χ0) is 15.5. The molecule has 116 valence electrons. The first-order chi connectivity index (χ1) is 10.6. The molecule has 0 N–H and O–H groups in total. The first-order valence-corrected chi connectivity index (χ1v) is 9.05. The Hall–Kier alpha value is -1.37. The van der Waals surface area contributed by atoms with Crippen molar-refractivity contribution in [2.24, 2.45) is 0 Å². The van der Waals surface area contributed by atoms with Crippen LogP contribution in [0.4, 0.5) is 0 Å². The van der Waals surface area contributed by atoms with Gasteiger partial charge in [-0.3, -0.25) is 9.59 Å². The minimum absolute atomic E-state index is 0.0622. The molecule has 7 heteroatoms. The highest BCUT2D eigenvalue weighted by molar-refractivity contribution is 7.16. The zero-order valence-corrected chi connectivity index (χ0v) is 14.2. The van der Waals surface area contributed by atoms with E-state index in [-0.39, 0.29) is 11.8 Å². The van der Waals surface area contributed by atoms with E-state index < -0.39 is 0 Å². The van der Waals surface area contributed by atoms with Crippen molar-refractivity contribution in [3.8, 4) is 0 Å². The minimum atomic E-state index is 0.0622. The number of piperazine rings is 1. The molecular weight excluding hydrogens is 340 g/mol. The second-order valence-corrected chi connectivity index (χ2v) is 7.78. The van der Waals surface area contributed by atoms with Crippen molar-refractivity contribution >= 4 is 46.1 Å². The van der Waals surface area contributed by atoms with Crippen molar-refractivity contribution in [1.29, 1.82) is 0 Å². The third-order valence-electron chi connectivity index (χ3n) is 3.61. The maximum Gasteiger partial charge on any atom is 0.264 e. The maximum atomic E-state index is 12.3. The fraction of sp³-hybridized carbons (Fsp3) is 0.333. The number of hydrogen-bond acceptors (Lipinski definition) is 4. The fourth-order valence-corrected chi connectivity index (χ4v) is 4.19. The van der Waals surface area contributed by atoms with Gasteiger partial charge in [-0.25, -0.2) is 0 Å². The van der Waals surface area contributed by atoms with Crippen LogP contribution >= 0.6 is 34.3 Å². The molecule has 2 amide bonds. The summed E-state index contributed by atoms with van der Waals surface area (Å²) in [5, 5.41) is 1.90. The van der Waals surface area contributed by atoms with Gasteiger partial charge in [0.2, 0.25) is 5.91 Å². The van der Waals surface area contributed by atoms with Crippen LogP contribution in [0.15, 0.2) is 29.6 Å². The van der Waals surface area contributed by atoms with Crippen LogP contribution in [0.2, 0.25) is 4.34 Å². The van der Waals surface area contributed by atoms with Crippen LogP contribution in [0, 0.1) is 0 Å². The summed E-state index contributed by atoms with van der Waals surface area (Å²) in [6, 6.07) is 7.42. The Morgan fingerprint density at radius 3 is 2.41 bits per heavy atom. The van der Waals surface area contributed by atoms with Crippen LogP contribution in [0.1, 0.15) is 14.5 Å². The zero-order valence-electron chi connectivity index (χ0n) is 11.8. The number of halogens is 1. The quantitative estimate of drug-likeness (QED) is 0.850. The van der Waals surface area contributed by atoms with Gasteiger partial charge >= 0.3 is 0 Å². The average Bonchev–Trinajstić information content (AvgIpc) is 3.18. The van der Waals surface area contributed by atoms with E-state index in [2.05, 4.69) is 0 Å². The van der Waals surface area contributed by atoms with Crippen molar-refractivity contribution in [1.82, 2.24) is 9.80 Å². The maximum absolute atomic E-state index is 12.3. The highest BCUT2D eigenvalue weighted by atomic mass is 35.5. The number of hydrogen-bond donors (Lipinski definition) is 0. The molecule has 0 atom stereocenters. The summed E-state index contributed by atoms with van der Waals surface area (Å²) >= 11 is 8.77. The van der Waals surface area contributed by atoms with Gasteiger partial charge in [-0.1, -0.05) is 17.7 Å². The normalized spacial score (nSPS) is 15.1. The second-order valence-electron chi connectivity index (χ2n) is 5.03. The summed E-state index contributed by atoms with van der Waals surface area (Å²) in [6.07, 6.45) is 0.385. The lowest BCUT2D eigenvalue weighted by Gasteiger charge is -2.34. The molecule has 3 heterocycles. The second kappa shape index (κ2) is 6.81. The summed E-state index contributed by atoms with van der Waals surface area (Å²) in [7, 11) is 0. The van der Waals surface area contributed by atoms with E-state index in [4.69, 9.17) is 11.6 Å². The molecule has 0 bridgehead atoms. The SMILES string of the molecule is O=C(Cc1ccc(Cl)s1)N1CCN(C(=O)c2cccs2)CC1. The standard InChI is InChI=1S/C15H15ClN2O2S2/c16-13-4-3-11(22-13)10-14(19)17-5-7-18(8-6-17)15(20)12-2-1-9-21-12/h1-4,9H,5-8,10H2. The fourth-order valence-electron chi connectivity index (χ4n) is 2.42. The highest BCUT2D eigenvalue weighted by Crippen LogP contribution is 2.22. The number of nitrogens with zero attached hydrogens (tertiary/aromatic N) is 2. The number of thiophene rings is 2. The molecule has 0 unspecified atom stereocenters. The molecule has 2 aromatic heterocycles. The average molecular weight is 355 g/mol. The molecule has 3 rings (SSSR count). The van der Waals surface area contributed by atoms with E-state index in [1.54, 1.807) is 0 Å². The Bertz CT molecular complexity index is 661. The Labute approximate surface area is 141 Å². The molecule has 1 saturated heterocycles. The van der Waals surface area contributed by atoms with Crippen LogP contribution in [0.5, 0.6) is 0 Å². The highest BCUT2D eigenvalue weighted by Gasteiger charge is 2.25. The Morgan fingerprint density at radius 1 is 1.09 bits per heavy atom. The third kappa shape index (κ3) is 3.51. The molecule has 2 aromatic rings. The van der Waals surface area contributed by atoms with Crippen LogP contribution in [-0.2, 0) is 11.2 Å². The smallest absolute Gasteiger partial charge is 0.264 e. The van der Waals surface area contributed by atoms with Crippen molar-refractivity contribution in [2.75, 3.05) is 26.2 Å². The summed E-state index contributed by atoms with van der Waals surface area (Å²) in [5.41, 5.74) is 0.